The van der Waals surface area contributed by atoms with E-state index in [4.69, 9.17) is 9.47 Å². The van der Waals surface area contributed by atoms with Crippen molar-refractivity contribution >= 4 is 28.7 Å². The van der Waals surface area contributed by atoms with E-state index in [0.29, 0.717) is 13.0 Å². The van der Waals surface area contributed by atoms with E-state index in [-0.39, 0.29) is 16.6 Å². The largest absolute Gasteiger partial charge is 0.497 e. The van der Waals surface area contributed by atoms with Gasteiger partial charge in [0.05, 0.1) is 19.6 Å². The highest BCUT2D eigenvalue weighted by atomic mass is 32.2. The van der Waals surface area contributed by atoms with Crippen LogP contribution in [0.25, 0.3) is 10.8 Å². The molecule has 1 fully saturated rings. The van der Waals surface area contributed by atoms with Crippen LogP contribution in [0.15, 0.2) is 41.0 Å². The van der Waals surface area contributed by atoms with Crippen molar-refractivity contribution in [2.45, 2.75) is 36.9 Å². The summed E-state index contributed by atoms with van der Waals surface area (Å²) in [5.41, 5.74) is 0.920. The molecule has 1 atom stereocenters. The maximum absolute atomic E-state index is 12.5. The quantitative estimate of drug-likeness (QED) is 0.400. The van der Waals surface area contributed by atoms with Gasteiger partial charge in [-0.3, -0.25) is 4.79 Å². The van der Waals surface area contributed by atoms with Gasteiger partial charge in [-0.2, -0.15) is 0 Å². The Kier molecular flexibility index (Phi) is 6.91. The number of benzene rings is 2. The Balaban J connectivity index is 1.60. The average molecular weight is 403 g/mol. The molecule has 150 valence electrons. The molecule has 0 aromatic heterocycles. The first-order valence-corrected chi connectivity index (χ1v) is 10.3. The van der Waals surface area contributed by atoms with Crippen LogP contribution in [0.1, 0.15) is 37.7 Å². The van der Waals surface area contributed by atoms with Crippen LogP contribution < -0.4 is 10.1 Å². The number of carbonyl (C=O) groups excluding carboxylic acids is 1. The number of methoxy groups -OCH3 is 1. The number of nitrogens with one attached hydrogen (secondary N) is 1. The minimum absolute atomic E-state index is 0.224. The third kappa shape index (κ3) is 4.83. The molecule has 1 heterocycles. The third-order valence-electron chi connectivity index (χ3n) is 5.47. The second kappa shape index (κ2) is 9.39. The first-order valence-electron chi connectivity index (χ1n) is 9.53. The number of nitroso groups, excluding NO2 is 1. The molecule has 1 aliphatic heterocycles. The molecule has 0 radical (unpaired) electrons. The molecule has 0 saturated carbocycles. The lowest BCUT2D eigenvalue weighted by Gasteiger charge is -2.34. The zero-order valence-corrected chi connectivity index (χ0v) is 17.1. The van der Waals surface area contributed by atoms with Gasteiger partial charge >= 0.3 is 5.97 Å². The number of piperidine rings is 1. The van der Waals surface area contributed by atoms with Crippen LogP contribution in [-0.2, 0) is 9.53 Å². The lowest BCUT2D eigenvalue weighted by atomic mass is 9.93. The van der Waals surface area contributed by atoms with Gasteiger partial charge in [-0.15, -0.1) is 4.91 Å². The number of esters is 1. The SMILES string of the molecule is COc1ccc2cc([C@H](C)C(=O)OCCC3(SN=O)CCNCC3)ccc2c1. The van der Waals surface area contributed by atoms with Gasteiger partial charge in [0.25, 0.3) is 0 Å². The smallest absolute Gasteiger partial charge is 0.313 e. The molecule has 1 N–H and O–H groups in total. The first kappa shape index (κ1) is 20.6. The van der Waals surface area contributed by atoms with Gasteiger partial charge in [0.2, 0.25) is 0 Å². The molecule has 1 saturated heterocycles. The molecule has 0 amide bonds. The Labute approximate surface area is 169 Å². The summed E-state index contributed by atoms with van der Waals surface area (Å²) in [6, 6.07) is 11.8. The van der Waals surface area contributed by atoms with Crippen molar-refractivity contribution in [3.05, 3.63) is 46.9 Å². The van der Waals surface area contributed by atoms with E-state index in [1.165, 1.54) is 0 Å². The molecular weight excluding hydrogens is 376 g/mol. The second-order valence-electron chi connectivity index (χ2n) is 7.21. The van der Waals surface area contributed by atoms with E-state index in [2.05, 4.69) is 9.90 Å². The van der Waals surface area contributed by atoms with Crippen LogP contribution in [0, 0.1) is 4.91 Å². The van der Waals surface area contributed by atoms with E-state index in [9.17, 15) is 9.70 Å². The van der Waals surface area contributed by atoms with E-state index >= 15 is 0 Å². The van der Waals surface area contributed by atoms with Gasteiger partial charge in [-0.1, -0.05) is 24.3 Å². The molecule has 0 bridgehead atoms. The van der Waals surface area contributed by atoms with E-state index in [1.807, 2.05) is 43.3 Å². The van der Waals surface area contributed by atoms with Crippen molar-refractivity contribution in [1.29, 1.82) is 0 Å². The second-order valence-corrected chi connectivity index (χ2v) is 8.41. The van der Waals surface area contributed by atoms with E-state index in [0.717, 1.165) is 60.0 Å². The summed E-state index contributed by atoms with van der Waals surface area (Å²) in [7, 11) is 1.64. The molecule has 2 aromatic rings. The Morgan fingerprint density at radius 2 is 1.93 bits per heavy atom. The highest BCUT2D eigenvalue weighted by Crippen LogP contribution is 2.38. The summed E-state index contributed by atoms with van der Waals surface area (Å²) in [4.78, 5) is 23.3. The summed E-state index contributed by atoms with van der Waals surface area (Å²) in [5, 5.41) is 5.41. The molecule has 6 nitrogen and oxygen atoms in total. The van der Waals surface area contributed by atoms with Crippen molar-refractivity contribution in [3.63, 3.8) is 0 Å². The number of hydrogen-bond acceptors (Lipinski definition) is 7. The minimum atomic E-state index is -0.354. The van der Waals surface area contributed by atoms with Crippen LogP contribution in [0.5, 0.6) is 5.75 Å². The van der Waals surface area contributed by atoms with Crippen molar-refractivity contribution in [2.75, 3.05) is 26.8 Å². The van der Waals surface area contributed by atoms with Crippen LogP contribution in [-0.4, -0.2) is 37.5 Å². The average Bonchev–Trinajstić information content (AvgIpc) is 2.73. The summed E-state index contributed by atoms with van der Waals surface area (Å²) >= 11 is 1.09. The van der Waals surface area contributed by atoms with Gasteiger partial charge in [0, 0.05) is 21.3 Å². The zero-order chi connectivity index (χ0) is 20.0. The summed E-state index contributed by atoms with van der Waals surface area (Å²) in [6.07, 6.45) is 2.34. The number of nitrogens with zero attached hydrogens (tertiary/aromatic N) is 1. The number of rotatable bonds is 8. The summed E-state index contributed by atoms with van der Waals surface area (Å²) in [6.45, 7) is 3.87. The van der Waals surface area contributed by atoms with Crippen molar-refractivity contribution in [2.24, 2.45) is 4.58 Å². The number of fused-ring (bicyclic) bond motifs is 1. The monoisotopic (exact) mass is 402 g/mol. The molecule has 3 rings (SSSR count). The molecule has 0 unspecified atom stereocenters. The normalized spacial score (nSPS) is 17.1. The Bertz CT molecular complexity index is 836. The highest BCUT2D eigenvalue weighted by molar-refractivity contribution is 7.99. The zero-order valence-electron chi connectivity index (χ0n) is 16.3. The third-order valence-corrected chi connectivity index (χ3v) is 6.55. The fraction of sp³-hybridized carbons (Fsp3) is 0.476. The van der Waals surface area contributed by atoms with Crippen LogP contribution >= 0.6 is 11.9 Å². The van der Waals surface area contributed by atoms with Crippen molar-refractivity contribution < 1.29 is 14.3 Å². The van der Waals surface area contributed by atoms with Gasteiger partial charge in [0.15, 0.2) is 0 Å². The van der Waals surface area contributed by atoms with Gasteiger partial charge < -0.3 is 14.8 Å². The lowest BCUT2D eigenvalue weighted by Crippen LogP contribution is -2.40. The molecule has 7 heteroatoms. The predicted molar refractivity (Wildman–Crippen MR) is 113 cm³/mol. The van der Waals surface area contributed by atoms with Crippen LogP contribution in [0.2, 0.25) is 0 Å². The number of ether oxygens (including phenoxy) is 2. The predicted octanol–water partition coefficient (Wildman–Crippen LogP) is 4.42. The maximum Gasteiger partial charge on any atom is 0.313 e. The van der Waals surface area contributed by atoms with Gasteiger partial charge in [0.1, 0.15) is 5.75 Å². The molecule has 0 aliphatic carbocycles. The first-order chi connectivity index (χ1) is 13.6. The van der Waals surface area contributed by atoms with Crippen LogP contribution in [0.4, 0.5) is 0 Å². The lowest BCUT2D eigenvalue weighted by molar-refractivity contribution is -0.145. The molecule has 28 heavy (non-hydrogen) atoms. The standard InChI is InChI=1S/C21H26N2O4S/c1-15(16-3-4-18-14-19(26-2)6-5-17(18)13-16)20(24)27-12-9-21(28-23-25)7-10-22-11-8-21/h3-6,13-15,22H,7-12H2,1-2H3/t15-/m0/s1. The van der Waals surface area contributed by atoms with E-state index in [1.54, 1.807) is 7.11 Å². The van der Waals surface area contributed by atoms with E-state index < -0.39 is 0 Å². The minimum Gasteiger partial charge on any atom is -0.497 e. The molecule has 0 spiro atoms. The summed E-state index contributed by atoms with van der Waals surface area (Å²) < 4.78 is 13.6. The molecule has 2 aromatic carbocycles. The fourth-order valence-electron chi connectivity index (χ4n) is 3.59. The molecular formula is C21H26N2O4S. The van der Waals surface area contributed by atoms with Crippen molar-refractivity contribution in [1.82, 2.24) is 5.32 Å². The topological polar surface area (TPSA) is 77.0 Å². The summed E-state index contributed by atoms with van der Waals surface area (Å²) in [5.74, 6) is 0.204. The van der Waals surface area contributed by atoms with Gasteiger partial charge in [-0.25, -0.2) is 0 Å². The Hall–Kier alpha value is -2.12. The van der Waals surface area contributed by atoms with Gasteiger partial charge in [-0.05, 0) is 67.7 Å². The van der Waals surface area contributed by atoms with Crippen molar-refractivity contribution in [3.8, 4) is 5.75 Å². The number of carbonyl (C=O) groups is 1. The maximum atomic E-state index is 12.5. The molecule has 1 aliphatic rings. The Morgan fingerprint density at radius 3 is 2.64 bits per heavy atom. The number of hydrogen-bond donors (Lipinski definition) is 1. The fourth-order valence-corrected chi connectivity index (χ4v) is 4.31. The Morgan fingerprint density at radius 1 is 1.21 bits per heavy atom. The highest BCUT2D eigenvalue weighted by Gasteiger charge is 2.34. The van der Waals surface area contributed by atoms with Crippen LogP contribution in [0.3, 0.4) is 0 Å².